The number of amides is 2. The smallest absolute Gasteiger partial charge is 0.325 e. The molecule has 7 N–H and O–H groups in total. The van der Waals surface area contributed by atoms with Gasteiger partial charge in [-0.25, -0.2) is 0 Å². The van der Waals surface area contributed by atoms with E-state index in [4.69, 9.17) is 5.11 Å². The second kappa shape index (κ2) is 21.3. The maximum atomic E-state index is 13.3. The number of nitrogens with one attached hydrogen (secondary N) is 4. The summed E-state index contributed by atoms with van der Waals surface area (Å²) in [5.74, 6) is -1.95. The third-order valence-electron chi connectivity index (χ3n) is 8.77. The molecule has 2 atom stereocenters. The van der Waals surface area contributed by atoms with Gasteiger partial charge in [-0.3, -0.25) is 39.8 Å². The highest BCUT2D eigenvalue weighted by molar-refractivity contribution is 6.05. The number of hydrogen-bond acceptors (Lipinski definition) is 13. The largest absolute Gasteiger partial charge is 0.468 e. The molecule has 2 amide bonds. The van der Waals surface area contributed by atoms with Crippen LogP contribution in [0.3, 0.4) is 0 Å². The molecule has 0 radical (unpaired) electrons. The van der Waals surface area contributed by atoms with Gasteiger partial charge in [0.05, 0.1) is 27.4 Å². The van der Waals surface area contributed by atoms with Crippen molar-refractivity contribution in [2.45, 2.75) is 59.8 Å². The van der Waals surface area contributed by atoms with E-state index in [9.17, 15) is 29.4 Å². The van der Waals surface area contributed by atoms with Crippen molar-refractivity contribution in [2.24, 2.45) is 0 Å². The average molecular weight is 759 g/mol. The maximum absolute atomic E-state index is 13.3. The number of benzene rings is 2. The Morgan fingerprint density at radius 3 is 1.33 bits per heavy atom. The molecule has 294 valence electrons. The van der Waals surface area contributed by atoms with Gasteiger partial charge < -0.3 is 35.4 Å². The van der Waals surface area contributed by atoms with E-state index in [-0.39, 0.29) is 31.1 Å². The number of pyridine rings is 2. The molecule has 0 spiro atoms. The summed E-state index contributed by atoms with van der Waals surface area (Å²) in [4.78, 5) is 58.8. The zero-order valence-corrected chi connectivity index (χ0v) is 32.1. The van der Waals surface area contributed by atoms with E-state index >= 15 is 0 Å². The van der Waals surface area contributed by atoms with Crippen LogP contribution in [0.5, 0.6) is 0 Å². The number of hydrogen-bond donors (Lipinski definition) is 7. The van der Waals surface area contributed by atoms with Crippen molar-refractivity contribution >= 4 is 35.1 Å². The summed E-state index contributed by atoms with van der Waals surface area (Å²) in [5, 5.41) is 38.2. The van der Waals surface area contributed by atoms with Crippen LogP contribution < -0.4 is 21.3 Å². The Labute approximate surface area is 320 Å². The minimum absolute atomic E-state index is 0.210. The molecule has 55 heavy (non-hydrogen) atoms. The maximum Gasteiger partial charge on any atom is 0.325 e. The molecule has 2 aromatic heterocycles. The summed E-state index contributed by atoms with van der Waals surface area (Å²) < 4.78 is 9.36. The van der Waals surface area contributed by atoms with Crippen molar-refractivity contribution in [1.82, 2.24) is 20.6 Å². The van der Waals surface area contributed by atoms with Crippen molar-refractivity contribution in [1.29, 1.82) is 0 Å². The molecule has 0 aliphatic carbocycles. The fourth-order valence-electron chi connectivity index (χ4n) is 5.48. The van der Waals surface area contributed by atoms with Gasteiger partial charge >= 0.3 is 11.9 Å². The third-order valence-corrected chi connectivity index (χ3v) is 8.77. The molecule has 0 saturated heterocycles. The first-order valence-corrected chi connectivity index (χ1v) is 17.5. The summed E-state index contributed by atoms with van der Waals surface area (Å²) in [6, 6.07) is 12.7. The Balaban J connectivity index is 0.00000262. The van der Waals surface area contributed by atoms with E-state index in [1.165, 1.54) is 14.2 Å². The van der Waals surface area contributed by atoms with E-state index in [2.05, 4.69) is 40.7 Å². The normalized spacial score (nSPS) is 11.7. The Morgan fingerprint density at radius 1 is 0.655 bits per heavy atom. The van der Waals surface area contributed by atoms with Gasteiger partial charge in [0.1, 0.15) is 23.5 Å². The second-order valence-electron chi connectivity index (χ2n) is 12.5. The van der Waals surface area contributed by atoms with Crippen LogP contribution in [0.1, 0.15) is 61.3 Å². The first-order valence-electron chi connectivity index (χ1n) is 17.5. The summed E-state index contributed by atoms with van der Waals surface area (Å²) in [5.41, 5.74) is 8.02. The number of rotatable bonds is 15. The highest BCUT2D eigenvalue weighted by Gasteiger charge is 2.20. The number of esters is 2. The van der Waals surface area contributed by atoms with Gasteiger partial charge in [0.25, 0.3) is 11.8 Å². The van der Waals surface area contributed by atoms with Crippen LogP contribution >= 0.6 is 0 Å². The number of aliphatic hydroxyl groups is 3. The van der Waals surface area contributed by atoms with E-state index in [0.717, 1.165) is 44.5 Å². The molecule has 4 rings (SSSR count). The van der Waals surface area contributed by atoms with Crippen molar-refractivity contribution in [3.05, 3.63) is 106 Å². The van der Waals surface area contributed by atoms with Crippen molar-refractivity contribution < 1.29 is 44.0 Å². The minimum atomic E-state index is -0.875. The zero-order chi connectivity index (χ0) is 40.7. The first kappa shape index (κ1) is 43.8. The van der Waals surface area contributed by atoms with Crippen molar-refractivity contribution in [3.63, 3.8) is 0 Å². The average Bonchev–Trinajstić information content (AvgIpc) is 3.17. The van der Waals surface area contributed by atoms with Gasteiger partial charge in [0.15, 0.2) is 0 Å². The summed E-state index contributed by atoms with van der Waals surface area (Å²) in [7, 11) is 2.50. The fourth-order valence-corrected chi connectivity index (χ4v) is 5.48. The highest BCUT2D eigenvalue weighted by atomic mass is 16.5. The first-order chi connectivity index (χ1) is 26.3. The quantitative estimate of drug-likeness (QED) is 0.0868. The molecule has 4 aromatic rings. The molecule has 15 nitrogen and oxygen atoms in total. The lowest BCUT2D eigenvalue weighted by molar-refractivity contribution is -0.145. The number of ether oxygens (including phenoxy) is 2. The monoisotopic (exact) mass is 758 g/mol. The molecule has 0 fully saturated rings. The molecule has 0 saturated carbocycles. The number of aryl methyl sites for hydroxylation is 2. The number of methoxy groups -OCH3 is 2. The molecule has 2 heterocycles. The predicted octanol–water partition coefficient (Wildman–Crippen LogP) is 3.13. The number of carbonyl (C=O) groups excluding carboxylic acids is 4. The Bertz CT molecular complexity index is 1830. The molecular formula is C40H50N6O9. The molecule has 0 aliphatic heterocycles. The van der Waals surface area contributed by atoms with Gasteiger partial charge in [-0.2, -0.15) is 0 Å². The summed E-state index contributed by atoms with van der Waals surface area (Å²) in [6.07, 6.45) is 3.11. The van der Waals surface area contributed by atoms with E-state index in [0.29, 0.717) is 11.4 Å². The van der Waals surface area contributed by atoms with E-state index < -0.39 is 49.1 Å². The standard InChI is InChI=1S/C38H44N6O8.C2H6O/c1-21-13-31(39-15-25(21)17-41-33(19-45)37(49)51-5)35(47)43-29-11-7-9-27(23(29)3)28-10-8-12-30(24(28)4)44-36(48)32-14-22(2)26(16-40-32)18-42-34(20-46)38(50)52-6;1-2-3/h7-16,33-34,41-42,45-46H,17-20H2,1-6H3,(H,43,47)(H,44,48);3H,2H2,1H3. The van der Waals surface area contributed by atoms with Crippen LogP contribution in [0, 0.1) is 27.7 Å². The van der Waals surface area contributed by atoms with Crippen LogP contribution in [0.4, 0.5) is 11.4 Å². The number of anilines is 2. The lowest BCUT2D eigenvalue weighted by Gasteiger charge is -2.17. The number of aromatic nitrogens is 2. The topological polar surface area (TPSA) is 221 Å². The molecule has 2 aromatic carbocycles. The van der Waals surface area contributed by atoms with Crippen LogP contribution in [0.15, 0.2) is 60.9 Å². The van der Waals surface area contributed by atoms with Gasteiger partial charge in [0.2, 0.25) is 0 Å². The fraction of sp³-hybridized carbons (Fsp3) is 0.350. The Kier molecular flexibility index (Phi) is 17.0. The molecule has 0 bridgehead atoms. The van der Waals surface area contributed by atoms with Crippen LogP contribution in [0.2, 0.25) is 0 Å². The number of aliphatic hydroxyl groups excluding tert-OH is 3. The molecular weight excluding hydrogens is 708 g/mol. The van der Waals surface area contributed by atoms with Crippen LogP contribution in [-0.2, 0) is 32.2 Å². The molecule has 15 heteroatoms. The van der Waals surface area contributed by atoms with Gasteiger partial charge in [-0.1, -0.05) is 24.3 Å². The zero-order valence-electron chi connectivity index (χ0n) is 32.1. The third kappa shape index (κ3) is 11.7. The number of carbonyl (C=O) groups is 4. The minimum Gasteiger partial charge on any atom is -0.468 e. The highest BCUT2D eigenvalue weighted by Crippen LogP contribution is 2.34. The van der Waals surface area contributed by atoms with E-state index in [1.54, 1.807) is 43.6 Å². The lowest BCUT2D eigenvalue weighted by Crippen LogP contribution is -2.40. The van der Waals surface area contributed by atoms with Gasteiger partial charge in [0, 0.05) is 43.5 Å². The lowest BCUT2D eigenvalue weighted by atomic mass is 9.94. The van der Waals surface area contributed by atoms with Crippen molar-refractivity contribution in [2.75, 3.05) is 44.7 Å². The second-order valence-corrected chi connectivity index (χ2v) is 12.5. The van der Waals surface area contributed by atoms with Crippen LogP contribution in [0.25, 0.3) is 11.1 Å². The molecule has 0 aliphatic rings. The Hall–Kier alpha value is -5.58. The summed E-state index contributed by atoms with van der Waals surface area (Å²) >= 11 is 0. The van der Waals surface area contributed by atoms with Crippen molar-refractivity contribution in [3.8, 4) is 11.1 Å². The van der Waals surface area contributed by atoms with Crippen LogP contribution in [-0.4, -0.2) is 95.2 Å². The Morgan fingerprint density at radius 2 is 1.02 bits per heavy atom. The molecule has 2 unspecified atom stereocenters. The SMILES string of the molecule is CCO.COC(=O)C(CO)NCc1cnc(C(=O)Nc2cccc(-c3cccc(NC(=O)c4cc(C)c(CNC(CO)C(=O)OC)cn4)c3C)c2C)cc1C. The van der Waals surface area contributed by atoms with Gasteiger partial charge in [-0.05, 0) is 103 Å². The summed E-state index contributed by atoms with van der Waals surface area (Å²) in [6.45, 7) is 9.04. The number of nitrogens with zero attached hydrogens (tertiary/aromatic N) is 2. The van der Waals surface area contributed by atoms with Gasteiger partial charge in [-0.15, -0.1) is 0 Å². The van der Waals surface area contributed by atoms with E-state index in [1.807, 2.05) is 52.0 Å². The predicted molar refractivity (Wildman–Crippen MR) is 207 cm³/mol.